The molecule has 37 heavy (non-hydrogen) atoms. The third-order valence-electron chi connectivity index (χ3n) is 5.78. The van der Waals surface area contributed by atoms with E-state index in [-0.39, 0.29) is 17.2 Å². The number of ether oxygens (including phenoxy) is 5. The van der Waals surface area contributed by atoms with Gasteiger partial charge in [0, 0.05) is 11.6 Å². The number of hydrogen-bond donors (Lipinski definition) is 1. The summed E-state index contributed by atoms with van der Waals surface area (Å²) in [5, 5.41) is 9.87. The van der Waals surface area contributed by atoms with Gasteiger partial charge >= 0.3 is 5.97 Å². The van der Waals surface area contributed by atoms with E-state index in [9.17, 15) is 10.1 Å². The zero-order chi connectivity index (χ0) is 26.4. The standard InChI is InChI=1S/C29H28N2O6/c1-4-14-35-24-13-8-19(15-26(24)33-3)27-22-12-11-21(16-25(22)37-28(31)23(27)17-30)36-29(32)18-6-9-20(10-7-18)34-5-2/h6-13,15-16,27H,4-5,14,31H2,1-3H3. The van der Waals surface area contributed by atoms with Gasteiger partial charge in [-0.1, -0.05) is 19.1 Å². The number of carbonyl (C=O) groups excluding carboxylic acids is 1. The van der Waals surface area contributed by atoms with Gasteiger partial charge in [-0.15, -0.1) is 0 Å². The number of hydrogen-bond acceptors (Lipinski definition) is 8. The molecule has 190 valence electrons. The summed E-state index contributed by atoms with van der Waals surface area (Å²) >= 11 is 0. The smallest absolute Gasteiger partial charge is 0.343 e. The zero-order valence-electron chi connectivity index (χ0n) is 20.9. The Bertz CT molecular complexity index is 1360. The largest absolute Gasteiger partial charge is 0.494 e. The van der Waals surface area contributed by atoms with E-state index < -0.39 is 11.9 Å². The van der Waals surface area contributed by atoms with Crippen molar-refractivity contribution >= 4 is 5.97 Å². The molecule has 0 fully saturated rings. The SMILES string of the molecule is CCCOc1ccc(C2C(C#N)=C(N)Oc3cc(OC(=O)c4ccc(OCC)cc4)ccc32)cc1OC. The van der Waals surface area contributed by atoms with Crippen molar-refractivity contribution in [1.82, 2.24) is 0 Å². The second-order valence-electron chi connectivity index (χ2n) is 8.23. The van der Waals surface area contributed by atoms with Crippen LogP contribution in [0.25, 0.3) is 0 Å². The molecule has 0 bridgehead atoms. The molecule has 1 atom stereocenters. The molecule has 3 aromatic rings. The molecule has 0 radical (unpaired) electrons. The zero-order valence-corrected chi connectivity index (χ0v) is 20.9. The number of methoxy groups -OCH3 is 1. The fraction of sp³-hybridized carbons (Fsp3) is 0.241. The van der Waals surface area contributed by atoms with Crippen LogP contribution in [0.5, 0.6) is 28.7 Å². The van der Waals surface area contributed by atoms with Crippen molar-refractivity contribution in [2.45, 2.75) is 26.2 Å². The first-order valence-corrected chi connectivity index (χ1v) is 12.0. The Morgan fingerprint density at radius 2 is 1.76 bits per heavy atom. The molecule has 0 aliphatic carbocycles. The van der Waals surface area contributed by atoms with E-state index in [1.807, 2.05) is 32.0 Å². The maximum Gasteiger partial charge on any atom is 0.343 e. The highest BCUT2D eigenvalue weighted by molar-refractivity contribution is 5.91. The van der Waals surface area contributed by atoms with Crippen LogP contribution in [0.2, 0.25) is 0 Å². The van der Waals surface area contributed by atoms with Crippen molar-refractivity contribution in [3.05, 3.63) is 88.8 Å². The number of carbonyl (C=O) groups is 1. The molecule has 1 aliphatic rings. The van der Waals surface area contributed by atoms with Crippen molar-refractivity contribution < 1.29 is 28.5 Å². The van der Waals surface area contributed by atoms with Gasteiger partial charge < -0.3 is 29.4 Å². The molecule has 0 amide bonds. The van der Waals surface area contributed by atoms with Crippen molar-refractivity contribution in [1.29, 1.82) is 5.26 Å². The summed E-state index contributed by atoms with van der Waals surface area (Å²) in [5.74, 6) is 1.48. The van der Waals surface area contributed by atoms with Crippen LogP contribution in [0.3, 0.4) is 0 Å². The number of benzene rings is 3. The predicted octanol–water partition coefficient (Wildman–Crippen LogP) is 5.32. The predicted molar refractivity (Wildman–Crippen MR) is 137 cm³/mol. The fourth-order valence-corrected chi connectivity index (χ4v) is 4.06. The molecule has 0 spiro atoms. The van der Waals surface area contributed by atoms with Gasteiger partial charge in [0.2, 0.25) is 5.88 Å². The van der Waals surface area contributed by atoms with Gasteiger partial charge in [0.05, 0.1) is 31.8 Å². The van der Waals surface area contributed by atoms with E-state index >= 15 is 0 Å². The Kier molecular flexibility index (Phi) is 7.84. The van der Waals surface area contributed by atoms with Crippen molar-refractivity contribution in [2.75, 3.05) is 20.3 Å². The highest BCUT2D eigenvalue weighted by Gasteiger charge is 2.31. The molecule has 0 saturated carbocycles. The summed E-state index contributed by atoms with van der Waals surface area (Å²) in [7, 11) is 1.57. The average molecular weight is 501 g/mol. The Labute approximate surface area is 215 Å². The van der Waals surface area contributed by atoms with Crippen LogP contribution in [0.15, 0.2) is 72.1 Å². The summed E-state index contributed by atoms with van der Waals surface area (Å²) in [6.07, 6.45) is 0.863. The highest BCUT2D eigenvalue weighted by atomic mass is 16.5. The number of nitriles is 1. The van der Waals surface area contributed by atoms with Crippen LogP contribution in [-0.2, 0) is 0 Å². The molecule has 1 heterocycles. The van der Waals surface area contributed by atoms with Crippen molar-refractivity contribution in [3.63, 3.8) is 0 Å². The fourth-order valence-electron chi connectivity index (χ4n) is 4.06. The summed E-state index contributed by atoms with van der Waals surface area (Å²) < 4.78 is 28.0. The van der Waals surface area contributed by atoms with E-state index in [0.717, 1.165) is 12.0 Å². The molecule has 0 saturated heterocycles. The maximum atomic E-state index is 12.7. The van der Waals surface area contributed by atoms with Crippen molar-refractivity contribution in [3.8, 4) is 34.8 Å². The van der Waals surface area contributed by atoms with Crippen LogP contribution in [0, 0.1) is 11.3 Å². The van der Waals surface area contributed by atoms with Crippen LogP contribution < -0.4 is 29.4 Å². The van der Waals surface area contributed by atoms with E-state index in [2.05, 4.69) is 6.07 Å². The quantitative estimate of drug-likeness (QED) is 0.310. The molecular weight excluding hydrogens is 472 g/mol. The first-order chi connectivity index (χ1) is 18.0. The molecule has 4 rings (SSSR count). The summed E-state index contributed by atoms with van der Waals surface area (Å²) in [6, 6.07) is 19.4. The second kappa shape index (κ2) is 11.4. The molecule has 1 aliphatic heterocycles. The topological polar surface area (TPSA) is 113 Å². The van der Waals surface area contributed by atoms with Crippen LogP contribution >= 0.6 is 0 Å². The monoisotopic (exact) mass is 500 g/mol. The Hall–Kier alpha value is -4.64. The molecule has 2 N–H and O–H groups in total. The molecule has 1 unspecified atom stereocenters. The number of allylic oxidation sites excluding steroid dienone is 1. The van der Waals surface area contributed by atoms with Gasteiger partial charge in [0.25, 0.3) is 0 Å². The van der Waals surface area contributed by atoms with E-state index in [0.29, 0.717) is 47.3 Å². The lowest BCUT2D eigenvalue weighted by atomic mass is 9.83. The van der Waals surface area contributed by atoms with E-state index in [1.54, 1.807) is 49.6 Å². The normalized spacial score (nSPS) is 14.2. The summed E-state index contributed by atoms with van der Waals surface area (Å²) in [5.41, 5.74) is 8.28. The minimum atomic E-state index is -0.524. The minimum Gasteiger partial charge on any atom is -0.494 e. The highest BCUT2D eigenvalue weighted by Crippen LogP contribution is 2.45. The lowest BCUT2D eigenvalue weighted by Gasteiger charge is -2.27. The third-order valence-corrected chi connectivity index (χ3v) is 5.78. The average Bonchev–Trinajstić information content (AvgIpc) is 2.91. The van der Waals surface area contributed by atoms with Crippen LogP contribution in [0.4, 0.5) is 0 Å². The first-order valence-electron chi connectivity index (χ1n) is 12.0. The second-order valence-corrected chi connectivity index (χ2v) is 8.23. The molecule has 8 heteroatoms. The van der Waals surface area contributed by atoms with Crippen LogP contribution in [-0.4, -0.2) is 26.3 Å². The number of esters is 1. The van der Waals surface area contributed by atoms with Gasteiger partial charge in [0.1, 0.15) is 28.9 Å². The Morgan fingerprint density at radius 1 is 1.00 bits per heavy atom. The number of nitrogens with zero attached hydrogens (tertiary/aromatic N) is 1. The number of nitrogens with two attached hydrogens (primary N) is 1. The lowest BCUT2D eigenvalue weighted by Crippen LogP contribution is -2.21. The van der Waals surface area contributed by atoms with Gasteiger partial charge in [-0.2, -0.15) is 5.26 Å². The minimum absolute atomic E-state index is 0.0136. The van der Waals surface area contributed by atoms with Gasteiger partial charge in [-0.3, -0.25) is 0 Å². The first kappa shape index (κ1) is 25.5. The van der Waals surface area contributed by atoms with Crippen LogP contribution in [0.1, 0.15) is 47.7 Å². The molecular formula is C29H28N2O6. The van der Waals surface area contributed by atoms with E-state index in [1.165, 1.54) is 0 Å². The van der Waals surface area contributed by atoms with Gasteiger partial charge in [-0.05, 0) is 61.4 Å². The molecule has 3 aromatic carbocycles. The van der Waals surface area contributed by atoms with E-state index in [4.69, 9.17) is 29.4 Å². The summed E-state index contributed by atoms with van der Waals surface area (Å²) in [4.78, 5) is 12.7. The summed E-state index contributed by atoms with van der Waals surface area (Å²) in [6.45, 7) is 5.01. The lowest BCUT2D eigenvalue weighted by molar-refractivity contribution is 0.0734. The molecule has 8 nitrogen and oxygen atoms in total. The third kappa shape index (κ3) is 5.46. The number of fused-ring (bicyclic) bond motifs is 1. The Morgan fingerprint density at radius 3 is 2.43 bits per heavy atom. The van der Waals surface area contributed by atoms with Gasteiger partial charge in [-0.25, -0.2) is 4.79 Å². The Balaban J connectivity index is 1.64. The maximum absolute atomic E-state index is 12.7. The number of rotatable bonds is 9. The van der Waals surface area contributed by atoms with Crippen molar-refractivity contribution in [2.24, 2.45) is 5.73 Å². The van der Waals surface area contributed by atoms with Gasteiger partial charge in [0.15, 0.2) is 11.5 Å². The molecule has 0 aromatic heterocycles.